The van der Waals surface area contributed by atoms with Crippen LogP contribution in [0.5, 0.6) is 0 Å². The van der Waals surface area contributed by atoms with Crippen molar-refractivity contribution < 1.29 is 39.8 Å². The zero-order chi connectivity index (χ0) is 13.3. The molecule has 0 unspecified atom stereocenters. The summed E-state index contributed by atoms with van der Waals surface area (Å²) in [5.74, 6) is 0. The first-order valence-corrected chi connectivity index (χ1v) is 10.1. The van der Waals surface area contributed by atoms with Crippen molar-refractivity contribution in [1.82, 2.24) is 0 Å². The Bertz CT molecular complexity index is 322. The molecule has 0 amide bonds. The molecule has 6 heteroatoms. The average molecular weight is 308 g/mol. The maximum atomic E-state index is 11.8. The van der Waals surface area contributed by atoms with Gasteiger partial charge in [0.2, 0.25) is 0 Å². The molecule has 90 valence electrons. The number of carbonyl (C=O) groups is 5. The summed E-state index contributed by atoms with van der Waals surface area (Å²) >= 11 is -5.87. The van der Waals surface area contributed by atoms with Crippen LogP contribution in [-0.4, -0.2) is 20.0 Å². The van der Waals surface area contributed by atoms with Gasteiger partial charge in [-0.25, -0.2) is 0 Å². The van der Waals surface area contributed by atoms with Gasteiger partial charge in [0.15, 0.2) is 0 Å². The second-order valence-corrected chi connectivity index (χ2v) is 16.9. The average Bonchev–Trinajstić information content (AvgIpc) is 2.00. The van der Waals surface area contributed by atoms with Crippen LogP contribution in [0.4, 0.5) is 0 Å². The van der Waals surface area contributed by atoms with Crippen molar-refractivity contribution in [2.75, 3.05) is 0 Å². The first kappa shape index (κ1) is 15.1. The molecule has 16 heavy (non-hydrogen) atoms. The summed E-state index contributed by atoms with van der Waals surface area (Å²) < 4.78 is -4.20. The van der Waals surface area contributed by atoms with Crippen LogP contribution in [0.25, 0.3) is 0 Å². The van der Waals surface area contributed by atoms with Gasteiger partial charge in [0.1, 0.15) is 0 Å². The van der Waals surface area contributed by atoms with Crippen LogP contribution in [0.3, 0.4) is 0 Å². The zero-order valence-electron chi connectivity index (χ0n) is 9.99. The van der Waals surface area contributed by atoms with Crippen molar-refractivity contribution in [2.24, 2.45) is 0 Å². The molecule has 0 bridgehead atoms. The SMILES string of the molecule is C[C](=O)[Nb]([C](C)=O)([C](C)=O)([C](C)=O)[C](C)=O. The van der Waals surface area contributed by atoms with E-state index in [1.807, 2.05) is 0 Å². The number of carbonyl (C=O) groups excluding carboxylic acids is 5. The van der Waals surface area contributed by atoms with Gasteiger partial charge in [-0.3, -0.25) is 0 Å². The van der Waals surface area contributed by atoms with Crippen molar-refractivity contribution in [2.45, 2.75) is 34.6 Å². The minimum absolute atomic E-state index is 0.840. The maximum absolute atomic E-state index is 11.8. The van der Waals surface area contributed by atoms with Crippen LogP contribution in [0.1, 0.15) is 34.6 Å². The van der Waals surface area contributed by atoms with Gasteiger partial charge in [0, 0.05) is 0 Å². The van der Waals surface area contributed by atoms with E-state index in [4.69, 9.17) is 0 Å². The molecule has 0 aliphatic carbocycles. The van der Waals surface area contributed by atoms with E-state index in [0.717, 1.165) is 34.6 Å². The molecular formula is C10H15NbO5. The Balaban J connectivity index is 6.80. The minimum atomic E-state index is -5.87. The summed E-state index contributed by atoms with van der Waals surface area (Å²) in [7, 11) is 0. The van der Waals surface area contributed by atoms with Crippen LogP contribution < -0.4 is 0 Å². The van der Waals surface area contributed by atoms with Crippen molar-refractivity contribution in [3.63, 3.8) is 0 Å². The Morgan fingerprint density at radius 1 is 0.500 bits per heavy atom. The van der Waals surface area contributed by atoms with E-state index >= 15 is 0 Å². The molecule has 0 heterocycles. The van der Waals surface area contributed by atoms with Crippen molar-refractivity contribution in [1.29, 1.82) is 0 Å². The number of hydrogen-bond acceptors (Lipinski definition) is 5. The Kier molecular flexibility index (Phi) is 3.92. The summed E-state index contributed by atoms with van der Waals surface area (Å²) in [5, 5.41) is 0. The second-order valence-electron chi connectivity index (χ2n) is 3.71. The first-order chi connectivity index (χ1) is 7.06. The number of hydrogen-bond donors (Lipinski definition) is 0. The van der Waals surface area contributed by atoms with E-state index in [2.05, 4.69) is 0 Å². The predicted molar refractivity (Wildman–Crippen MR) is 53.4 cm³/mol. The molecule has 0 aromatic carbocycles. The first-order valence-electron chi connectivity index (χ1n) is 4.64. The van der Waals surface area contributed by atoms with Gasteiger partial charge in [-0.05, 0) is 0 Å². The molecule has 5 nitrogen and oxygen atoms in total. The van der Waals surface area contributed by atoms with Crippen LogP contribution in [0.2, 0.25) is 0 Å². The van der Waals surface area contributed by atoms with E-state index in [-0.39, 0.29) is 0 Å². The van der Waals surface area contributed by atoms with Gasteiger partial charge in [-0.1, -0.05) is 0 Å². The van der Waals surface area contributed by atoms with Gasteiger partial charge in [0.25, 0.3) is 0 Å². The van der Waals surface area contributed by atoms with Crippen LogP contribution >= 0.6 is 0 Å². The van der Waals surface area contributed by atoms with Crippen LogP contribution in [0, 0.1) is 0 Å². The van der Waals surface area contributed by atoms with Crippen molar-refractivity contribution >= 4 is 20.0 Å². The Labute approximate surface area is 94.5 Å². The Hall–Kier alpha value is -0.910. The topological polar surface area (TPSA) is 85.3 Å². The zero-order valence-corrected chi connectivity index (χ0v) is 12.2. The van der Waals surface area contributed by atoms with Gasteiger partial charge in [-0.2, -0.15) is 0 Å². The molecule has 0 fully saturated rings. The molecule has 0 aliphatic rings. The quantitative estimate of drug-likeness (QED) is 0.687. The molecule has 0 rings (SSSR count). The van der Waals surface area contributed by atoms with Gasteiger partial charge in [-0.15, -0.1) is 0 Å². The molecule has 0 N–H and O–H groups in total. The summed E-state index contributed by atoms with van der Waals surface area (Å²) in [6.07, 6.45) is 0. The fourth-order valence-corrected chi connectivity index (χ4v) is 13.1. The van der Waals surface area contributed by atoms with Gasteiger partial charge < -0.3 is 0 Å². The molecule has 0 aromatic rings. The summed E-state index contributed by atoms with van der Waals surface area (Å²) in [6.45, 7) is 4.97. The van der Waals surface area contributed by atoms with Crippen LogP contribution in [-0.2, 0) is 39.8 Å². The molecule has 0 aromatic heterocycles. The number of rotatable bonds is 5. The van der Waals surface area contributed by atoms with E-state index in [1.54, 1.807) is 0 Å². The summed E-state index contributed by atoms with van der Waals surface area (Å²) in [6, 6.07) is 0. The molecule has 0 aliphatic heterocycles. The van der Waals surface area contributed by atoms with Gasteiger partial charge in [0.05, 0.1) is 0 Å². The van der Waals surface area contributed by atoms with Crippen molar-refractivity contribution in [3.05, 3.63) is 0 Å². The molecule has 0 atom stereocenters. The van der Waals surface area contributed by atoms with E-state index in [1.165, 1.54) is 0 Å². The Morgan fingerprint density at radius 3 is 0.625 bits per heavy atom. The van der Waals surface area contributed by atoms with E-state index in [0.29, 0.717) is 0 Å². The molecule has 0 radical (unpaired) electrons. The third-order valence-corrected chi connectivity index (χ3v) is 18.6. The van der Waals surface area contributed by atoms with Crippen LogP contribution in [0.15, 0.2) is 0 Å². The standard InChI is InChI=1S/5C2H3O.Nb/c5*1-2-3;/h5*1H3;. The molecular weight excluding hydrogens is 293 g/mol. The summed E-state index contributed by atoms with van der Waals surface area (Å²) in [4.78, 5) is 58.8. The fourth-order valence-electron chi connectivity index (χ4n) is 2.22. The molecule has 0 spiro atoms. The Morgan fingerprint density at radius 2 is 0.625 bits per heavy atom. The van der Waals surface area contributed by atoms with E-state index < -0.39 is 35.8 Å². The monoisotopic (exact) mass is 308 g/mol. The third-order valence-electron chi connectivity index (χ3n) is 3.15. The molecule has 0 saturated heterocycles. The van der Waals surface area contributed by atoms with E-state index in [9.17, 15) is 24.0 Å². The fraction of sp³-hybridized carbons (Fsp3) is 0.500. The molecule has 0 saturated carbocycles. The summed E-state index contributed by atoms with van der Waals surface area (Å²) in [5.41, 5.74) is 0. The van der Waals surface area contributed by atoms with Gasteiger partial charge >= 0.3 is 94.4 Å². The predicted octanol–water partition coefficient (Wildman–Crippen LogP) is 0.408. The third kappa shape index (κ3) is 1.25. The van der Waals surface area contributed by atoms with Crippen molar-refractivity contribution in [3.8, 4) is 0 Å². The second kappa shape index (κ2) is 4.16. The normalized spacial score (nSPS) is 13.4.